The lowest BCUT2D eigenvalue weighted by molar-refractivity contribution is -0.00486. The van der Waals surface area contributed by atoms with Gasteiger partial charge in [0.05, 0.1) is 5.60 Å². The quantitative estimate of drug-likeness (QED) is 0.905. The normalized spacial score (nSPS) is 25.4. The van der Waals surface area contributed by atoms with E-state index in [1.165, 1.54) is 5.56 Å². The second-order valence-electron chi connectivity index (χ2n) is 5.61. The molecule has 1 fully saturated rings. The zero-order valence-electron chi connectivity index (χ0n) is 12.4. The van der Waals surface area contributed by atoms with Crippen LogP contribution in [0, 0.1) is 0 Å². The molecule has 1 saturated heterocycles. The van der Waals surface area contributed by atoms with Gasteiger partial charge >= 0.3 is 0 Å². The van der Waals surface area contributed by atoms with Gasteiger partial charge in [0.2, 0.25) is 0 Å². The van der Waals surface area contributed by atoms with Crippen LogP contribution in [0.5, 0.6) is 0 Å². The molecule has 2 rings (SSSR count). The topological polar surface area (TPSA) is 37.4 Å². The molecule has 0 aromatic carbocycles. The maximum atomic E-state index is 5.67. The van der Waals surface area contributed by atoms with Crippen molar-refractivity contribution in [3.8, 4) is 0 Å². The van der Waals surface area contributed by atoms with Crippen molar-refractivity contribution >= 4 is 5.82 Å². The number of rotatable bonds is 4. The van der Waals surface area contributed by atoms with Crippen LogP contribution < -0.4 is 10.2 Å². The molecule has 0 saturated carbocycles. The molecule has 1 aliphatic rings. The van der Waals surface area contributed by atoms with Crippen molar-refractivity contribution in [3.05, 3.63) is 23.9 Å². The third kappa shape index (κ3) is 3.07. The maximum Gasteiger partial charge on any atom is 0.133 e. The molecule has 0 amide bonds. The summed E-state index contributed by atoms with van der Waals surface area (Å²) in [6.45, 7) is 6.31. The Morgan fingerprint density at radius 1 is 1.53 bits per heavy atom. The van der Waals surface area contributed by atoms with E-state index in [0.717, 1.165) is 31.7 Å². The summed E-state index contributed by atoms with van der Waals surface area (Å²) in [7, 11) is 3.79. The van der Waals surface area contributed by atoms with Gasteiger partial charge in [-0.3, -0.25) is 0 Å². The summed E-state index contributed by atoms with van der Waals surface area (Å²) in [4.78, 5) is 6.96. The van der Waals surface area contributed by atoms with Gasteiger partial charge < -0.3 is 15.0 Å². The third-order valence-electron chi connectivity index (χ3n) is 4.17. The van der Waals surface area contributed by atoms with Crippen molar-refractivity contribution in [2.24, 2.45) is 0 Å². The molecular weight excluding hydrogens is 238 g/mol. The molecule has 2 unspecified atom stereocenters. The first-order valence-corrected chi connectivity index (χ1v) is 7.02. The molecule has 2 heterocycles. The van der Waals surface area contributed by atoms with Crippen molar-refractivity contribution in [1.82, 2.24) is 10.3 Å². The van der Waals surface area contributed by atoms with Gasteiger partial charge in [0.1, 0.15) is 5.82 Å². The SMILES string of the molecule is CNC(C)c1cccnc1N1CCCC(C)(OC)C1. The number of anilines is 1. The highest BCUT2D eigenvalue weighted by molar-refractivity contribution is 5.49. The van der Waals surface area contributed by atoms with Crippen molar-refractivity contribution in [2.45, 2.75) is 38.3 Å². The number of pyridine rings is 1. The van der Waals surface area contributed by atoms with E-state index in [9.17, 15) is 0 Å². The number of nitrogens with zero attached hydrogens (tertiary/aromatic N) is 2. The average Bonchev–Trinajstić information content (AvgIpc) is 2.46. The maximum absolute atomic E-state index is 5.67. The van der Waals surface area contributed by atoms with Crippen LogP contribution in [0.2, 0.25) is 0 Å². The molecule has 0 bridgehead atoms. The van der Waals surface area contributed by atoms with E-state index in [1.54, 1.807) is 7.11 Å². The van der Waals surface area contributed by atoms with Crippen LogP contribution >= 0.6 is 0 Å². The Hall–Kier alpha value is -1.13. The number of nitrogens with one attached hydrogen (secondary N) is 1. The van der Waals surface area contributed by atoms with Crippen LogP contribution in [0.4, 0.5) is 5.82 Å². The number of methoxy groups -OCH3 is 1. The van der Waals surface area contributed by atoms with E-state index in [-0.39, 0.29) is 5.60 Å². The minimum atomic E-state index is -0.0596. The van der Waals surface area contributed by atoms with Crippen molar-refractivity contribution in [3.63, 3.8) is 0 Å². The molecule has 1 aromatic rings. The second-order valence-corrected chi connectivity index (χ2v) is 5.61. The molecule has 0 aliphatic carbocycles. The third-order valence-corrected chi connectivity index (χ3v) is 4.17. The average molecular weight is 263 g/mol. The molecule has 1 aromatic heterocycles. The molecule has 4 nitrogen and oxygen atoms in total. The van der Waals surface area contributed by atoms with Gasteiger partial charge in [0.15, 0.2) is 0 Å². The first-order valence-electron chi connectivity index (χ1n) is 7.02. The Morgan fingerprint density at radius 2 is 2.32 bits per heavy atom. The summed E-state index contributed by atoms with van der Waals surface area (Å²) in [5.74, 6) is 1.09. The summed E-state index contributed by atoms with van der Waals surface area (Å²) in [5.41, 5.74) is 1.20. The Labute approximate surface area is 116 Å². The van der Waals surface area contributed by atoms with Gasteiger partial charge in [-0.25, -0.2) is 4.98 Å². The zero-order valence-corrected chi connectivity index (χ0v) is 12.4. The predicted octanol–water partition coefficient (Wildman–Crippen LogP) is 2.37. The largest absolute Gasteiger partial charge is 0.377 e. The van der Waals surface area contributed by atoms with Crippen LogP contribution in [-0.4, -0.2) is 37.8 Å². The minimum absolute atomic E-state index is 0.0596. The summed E-state index contributed by atoms with van der Waals surface area (Å²) in [6.07, 6.45) is 4.14. The lowest BCUT2D eigenvalue weighted by atomic mass is 9.94. The van der Waals surface area contributed by atoms with Crippen LogP contribution in [0.1, 0.15) is 38.3 Å². The highest BCUT2D eigenvalue weighted by Gasteiger charge is 2.32. The molecule has 106 valence electrons. The van der Waals surface area contributed by atoms with Crippen molar-refractivity contribution in [2.75, 3.05) is 32.1 Å². The van der Waals surface area contributed by atoms with Gasteiger partial charge in [-0.2, -0.15) is 0 Å². The Morgan fingerprint density at radius 3 is 3.00 bits per heavy atom. The molecule has 4 heteroatoms. The summed E-state index contributed by atoms with van der Waals surface area (Å²) >= 11 is 0. The summed E-state index contributed by atoms with van der Waals surface area (Å²) in [6, 6.07) is 4.47. The van der Waals surface area contributed by atoms with Crippen LogP contribution in [0.25, 0.3) is 0 Å². The second kappa shape index (κ2) is 5.88. The summed E-state index contributed by atoms with van der Waals surface area (Å²) in [5, 5.41) is 3.30. The van der Waals surface area contributed by atoms with Gasteiger partial charge in [-0.05, 0) is 39.8 Å². The van der Waals surface area contributed by atoms with E-state index < -0.39 is 0 Å². The number of hydrogen-bond donors (Lipinski definition) is 1. The fourth-order valence-corrected chi connectivity index (χ4v) is 2.72. The standard InChI is InChI=1S/C15H25N3O/c1-12(16-3)13-7-5-9-17-14(13)18-10-6-8-15(2,11-18)19-4/h5,7,9,12,16H,6,8,10-11H2,1-4H3. The van der Waals surface area contributed by atoms with Crippen molar-refractivity contribution < 1.29 is 4.74 Å². The number of hydrogen-bond acceptors (Lipinski definition) is 4. The van der Waals surface area contributed by atoms with E-state index in [2.05, 4.69) is 35.1 Å². The van der Waals surface area contributed by atoms with Crippen molar-refractivity contribution in [1.29, 1.82) is 0 Å². The predicted molar refractivity (Wildman–Crippen MR) is 78.6 cm³/mol. The van der Waals surface area contributed by atoms with E-state index in [1.807, 2.05) is 19.3 Å². The summed E-state index contributed by atoms with van der Waals surface area (Å²) < 4.78 is 5.67. The van der Waals surface area contributed by atoms with Gasteiger partial charge in [-0.1, -0.05) is 6.07 Å². The Balaban J connectivity index is 2.26. The van der Waals surface area contributed by atoms with E-state index >= 15 is 0 Å². The highest BCUT2D eigenvalue weighted by Crippen LogP contribution is 2.30. The van der Waals surface area contributed by atoms with Gasteiger partial charge in [0.25, 0.3) is 0 Å². The van der Waals surface area contributed by atoms with Crippen LogP contribution in [0.15, 0.2) is 18.3 Å². The molecule has 1 aliphatic heterocycles. The molecule has 1 N–H and O–H groups in total. The molecule has 19 heavy (non-hydrogen) atoms. The minimum Gasteiger partial charge on any atom is -0.377 e. The zero-order chi connectivity index (χ0) is 13.9. The first kappa shape index (κ1) is 14.3. The van der Waals surface area contributed by atoms with Crippen LogP contribution in [-0.2, 0) is 4.74 Å². The fraction of sp³-hybridized carbons (Fsp3) is 0.667. The Bertz CT molecular complexity index is 424. The van der Waals surface area contributed by atoms with Crippen LogP contribution in [0.3, 0.4) is 0 Å². The smallest absolute Gasteiger partial charge is 0.133 e. The Kier molecular flexibility index (Phi) is 4.42. The lowest BCUT2D eigenvalue weighted by Crippen LogP contribution is -2.48. The molecule has 2 atom stereocenters. The van der Waals surface area contributed by atoms with Gasteiger partial charge in [0, 0.05) is 38.0 Å². The number of aromatic nitrogens is 1. The van der Waals surface area contributed by atoms with Gasteiger partial charge in [-0.15, -0.1) is 0 Å². The highest BCUT2D eigenvalue weighted by atomic mass is 16.5. The molecule has 0 radical (unpaired) electrons. The van der Waals surface area contributed by atoms with E-state index in [4.69, 9.17) is 4.74 Å². The monoisotopic (exact) mass is 263 g/mol. The number of ether oxygens (including phenoxy) is 1. The molecular formula is C15H25N3O. The number of piperidine rings is 1. The fourth-order valence-electron chi connectivity index (χ4n) is 2.72. The first-order chi connectivity index (χ1) is 9.09. The lowest BCUT2D eigenvalue weighted by Gasteiger charge is -2.41. The molecule has 0 spiro atoms. The van der Waals surface area contributed by atoms with E-state index in [0.29, 0.717) is 6.04 Å².